The Hall–Kier alpha value is -2.09. The van der Waals surface area contributed by atoms with Crippen LogP contribution in [0.3, 0.4) is 0 Å². The highest BCUT2D eigenvalue weighted by molar-refractivity contribution is 7.89. The van der Waals surface area contributed by atoms with Gasteiger partial charge < -0.3 is 9.47 Å². The second kappa shape index (κ2) is 9.21. The number of benzene rings is 2. The van der Waals surface area contributed by atoms with E-state index in [4.69, 9.17) is 9.47 Å². The number of nitrogens with zero attached hydrogens (tertiary/aromatic N) is 1. The van der Waals surface area contributed by atoms with Crippen LogP contribution in [0.1, 0.15) is 13.3 Å². The van der Waals surface area contributed by atoms with Gasteiger partial charge in [-0.25, -0.2) is 13.1 Å². The average molecular weight is 391 g/mol. The maximum Gasteiger partial charge on any atom is 0.240 e. The van der Waals surface area contributed by atoms with Crippen molar-refractivity contribution in [1.82, 2.24) is 9.62 Å². The van der Waals surface area contributed by atoms with Crippen LogP contribution in [0.2, 0.25) is 0 Å². The van der Waals surface area contributed by atoms with Crippen molar-refractivity contribution in [1.29, 1.82) is 0 Å². The van der Waals surface area contributed by atoms with Gasteiger partial charge in [-0.15, -0.1) is 0 Å². The Morgan fingerprint density at radius 1 is 1.04 bits per heavy atom. The van der Waals surface area contributed by atoms with Gasteiger partial charge in [0.05, 0.1) is 4.90 Å². The summed E-state index contributed by atoms with van der Waals surface area (Å²) in [5.41, 5.74) is 0. The van der Waals surface area contributed by atoms with E-state index in [0.29, 0.717) is 26.2 Å². The molecule has 0 unspecified atom stereocenters. The van der Waals surface area contributed by atoms with Crippen LogP contribution in [-0.2, 0) is 10.0 Å². The van der Waals surface area contributed by atoms with Gasteiger partial charge in [0, 0.05) is 19.6 Å². The van der Waals surface area contributed by atoms with Crippen molar-refractivity contribution < 1.29 is 17.9 Å². The van der Waals surface area contributed by atoms with Crippen LogP contribution in [0.25, 0.3) is 0 Å². The molecule has 0 fully saturated rings. The number of para-hydroxylation sites is 2. The summed E-state index contributed by atoms with van der Waals surface area (Å²) >= 11 is 0. The fraction of sp³-hybridized carbons (Fsp3) is 0.400. The van der Waals surface area contributed by atoms with Gasteiger partial charge in [-0.2, -0.15) is 0 Å². The van der Waals surface area contributed by atoms with E-state index >= 15 is 0 Å². The van der Waals surface area contributed by atoms with Crippen molar-refractivity contribution >= 4 is 10.0 Å². The second-order valence-corrected chi connectivity index (χ2v) is 8.28. The number of sulfonamides is 1. The summed E-state index contributed by atoms with van der Waals surface area (Å²) in [7, 11) is -3.48. The zero-order valence-corrected chi connectivity index (χ0v) is 16.3. The van der Waals surface area contributed by atoms with Crippen LogP contribution in [0, 0.1) is 0 Å². The molecule has 0 saturated carbocycles. The molecule has 0 bridgehead atoms. The van der Waals surface area contributed by atoms with Crippen molar-refractivity contribution in [3.05, 3.63) is 54.6 Å². The summed E-state index contributed by atoms with van der Waals surface area (Å²) in [6.45, 7) is 5.12. The molecule has 1 atom stereocenters. The number of ether oxygens (including phenoxy) is 2. The third kappa shape index (κ3) is 5.45. The quantitative estimate of drug-likeness (QED) is 0.713. The van der Waals surface area contributed by atoms with E-state index in [0.717, 1.165) is 24.5 Å². The summed E-state index contributed by atoms with van der Waals surface area (Å²) < 4.78 is 39.1. The van der Waals surface area contributed by atoms with Crippen molar-refractivity contribution in [2.45, 2.75) is 24.3 Å². The minimum atomic E-state index is -3.48. The lowest BCUT2D eigenvalue weighted by atomic mass is 10.2. The predicted octanol–water partition coefficient (Wildman–Crippen LogP) is 2.52. The van der Waals surface area contributed by atoms with Gasteiger partial charge in [-0.05, 0) is 37.2 Å². The lowest BCUT2D eigenvalue weighted by molar-refractivity contribution is 0.0592. The molecule has 27 heavy (non-hydrogen) atoms. The van der Waals surface area contributed by atoms with Crippen molar-refractivity contribution in [3.63, 3.8) is 0 Å². The molecule has 0 radical (unpaired) electrons. The summed E-state index contributed by atoms with van der Waals surface area (Å²) in [6, 6.07) is 16.1. The molecule has 0 aliphatic carbocycles. The SMILES string of the molecule is CCCN(CCNS(=O)(=O)c1ccccc1)C[C@H]1COc2ccccc2O1. The molecule has 0 spiro atoms. The average Bonchev–Trinajstić information content (AvgIpc) is 2.68. The first-order valence-electron chi connectivity index (χ1n) is 9.24. The van der Waals surface area contributed by atoms with Crippen molar-refractivity contribution in [3.8, 4) is 11.5 Å². The first-order chi connectivity index (χ1) is 13.1. The first kappa shape index (κ1) is 19.7. The normalized spacial score (nSPS) is 16.4. The van der Waals surface area contributed by atoms with Crippen molar-refractivity contribution in [2.24, 2.45) is 0 Å². The summed E-state index contributed by atoms with van der Waals surface area (Å²) in [5.74, 6) is 1.53. The lowest BCUT2D eigenvalue weighted by Crippen LogP contribution is -2.44. The molecule has 0 amide bonds. The lowest BCUT2D eigenvalue weighted by Gasteiger charge is -2.31. The summed E-state index contributed by atoms with van der Waals surface area (Å²) in [5, 5.41) is 0. The largest absolute Gasteiger partial charge is 0.486 e. The first-order valence-corrected chi connectivity index (χ1v) is 10.7. The highest BCUT2D eigenvalue weighted by atomic mass is 32.2. The Kier molecular flexibility index (Phi) is 6.71. The van der Waals surface area contributed by atoms with E-state index in [1.54, 1.807) is 30.3 Å². The number of rotatable bonds is 9. The van der Waals surface area contributed by atoms with Gasteiger partial charge in [0.1, 0.15) is 12.7 Å². The summed E-state index contributed by atoms with van der Waals surface area (Å²) in [4.78, 5) is 2.49. The topological polar surface area (TPSA) is 67.9 Å². The smallest absolute Gasteiger partial charge is 0.240 e. The fourth-order valence-corrected chi connectivity index (χ4v) is 4.11. The molecule has 2 aromatic rings. The monoisotopic (exact) mass is 390 g/mol. The van der Waals surface area contributed by atoms with Gasteiger partial charge in [-0.1, -0.05) is 37.3 Å². The Morgan fingerprint density at radius 3 is 2.48 bits per heavy atom. The Bertz CT molecular complexity index is 827. The zero-order chi connectivity index (χ0) is 19.1. The molecule has 1 N–H and O–H groups in total. The molecule has 2 aromatic carbocycles. The molecule has 3 rings (SSSR count). The minimum absolute atomic E-state index is 0.0721. The molecule has 7 heteroatoms. The maximum absolute atomic E-state index is 12.3. The highest BCUT2D eigenvalue weighted by Crippen LogP contribution is 2.31. The van der Waals surface area contributed by atoms with E-state index in [1.165, 1.54) is 0 Å². The Morgan fingerprint density at radius 2 is 1.74 bits per heavy atom. The van der Waals surface area contributed by atoms with Gasteiger partial charge >= 0.3 is 0 Å². The van der Waals surface area contributed by atoms with E-state index in [1.807, 2.05) is 24.3 Å². The number of hydrogen-bond donors (Lipinski definition) is 1. The number of fused-ring (bicyclic) bond motifs is 1. The molecule has 1 heterocycles. The van der Waals surface area contributed by atoms with Crippen molar-refractivity contribution in [2.75, 3.05) is 32.8 Å². The van der Waals surface area contributed by atoms with E-state index < -0.39 is 10.0 Å². The molecule has 1 aliphatic heterocycles. The van der Waals surface area contributed by atoms with E-state index in [2.05, 4.69) is 16.5 Å². The van der Waals surface area contributed by atoms with Gasteiger partial charge in [0.2, 0.25) is 10.0 Å². The Labute approximate surface area is 161 Å². The van der Waals surface area contributed by atoms with Crippen LogP contribution in [0.5, 0.6) is 11.5 Å². The van der Waals surface area contributed by atoms with Crippen LogP contribution < -0.4 is 14.2 Å². The molecular weight excluding hydrogens is 364 g/mol. The number of hydrogen-bond acceptors (Lipinski definition) is 5. The standard InChI is InChI=1S/C20H26N2O4S/c1-2-13-22(14-12-21-27(23,24)18-8-4-3-5-9-18)15-17-16-25-19-10-6-7-11-20(19)26-17/h3-11,17,21H,2,12-16H2,1H3/t17-/m0/s1. The minimum Gasteiger partial charge on any atom is -0.486 e. The molecule has 0 saturated heterocycles. The molecule has 146 valence electrons. The molecular formula is C20H26N2O4S. The second-order valence-electron chi connectivity index (χ2n) is 6.51. The maximum atomic E-state index is 12.3. The Balaban J connectivity index is 1.52. The highest BCUT2D eigenvalue weighted by Gasteiger charge is 2.23. The van der Waals surface area contributed by atoms with Crippen LogP contribution >= 0.6 is 0 Å². The third-order valence-corrected chi connectivity index (χ3v) is 5.82. The summed E-state index contributed by atoms with van der Waals surface area (Å²) in [6.07, 6.45) is 0.910. The van der Waals surface area contributed by atoms with Crippen LogP contribution in [0.15, 0.2) is 59.5 Å². The molecule has 1 aliphatic rings. The van der Waals surface area contributed by atoms with Gasteiger partial charge in [0.15, 0.2) is 11.5 Å². The molecule has 0 aromatic heterocycles. The van der Waals surface area contributed by atoms with Crippen LogP contribution in [0.4, 0.5) is 0 Å². The van der Waals surface area contributed by atoms with Crippen LogP contribution in [-0.4, -0.2) is 52.2 Å². The van der Waals surface area contributed by atoms with E-state index in [-0.39, 0.29) is 11.0 Å². The van der Waals surface area contributed by atoms with E-state index in [9.17, 15) is 8.42 Å². The van der Waals surface area contributed by atoms with Gasteiger partial charge in [-0.3, -0.25) is 4.90 Å². The van der Waals surface area contributed by atoms with Gasteiger partial charge in [0.25, 0.3) is 0 Å². The fourth-order valence-electron chi connectivity index (χ4n) is 3.07. The molecule has 6 nitrogen and oxygen atoms in total. The number of nitrogens with one attached hydrogen (secondary N) is 1. The zero-order valence-electron chi connectivity index (χ0n) is 15.5. The predicted molar refractivity (Wildman–Crippen MR) is 105 cm³/mol. The third-order valence-electron chi connectivity index (χ3n) is 4.34.